The highest BCUT2D eigenvalue weighted by Crippen LogP contribution is 2.24. The number of halogens is 1. The van der Waals surface area contributed by atoms with Gasteiger partial charge in [-0.15, -0.1) is 0 Å². The van der Waals surface area contributed by atoms with Crippen molar-refractivity contribution in [3.05, 3.63) is 28.2 Å². The summed E-state index contributed by atoms with van der Waals surface area (Å²) in [5.41, 5.74) is 7.52. The lowest BCUT2D eigenvalue weighted by atomic mass is 10.1. The Hall–Kier alpha value is -0.650. The molecule has 0 atom stereocenters. The molecule has 3 nitrogen and oxygen atoms in total. The van der Waals surface area contributed by atoms with E-state index in [1.807, 2.05) is 18.2 Å². The molecule has 0 spiro atoms. The molecule has 3 N–H and O–H groups in total. The molecule has 0 radical (unpaired) electrons. The van der Waals surface area contributed by atoms with E-state index in [9.17, 15) is 0 Å². The van der Waals surface area contributed by atoms with Crippen LogP contribution in [0.2, 0.25) is 0 Å². The van der Waals surface area contributed by atoms with Crippen LogP contribution >= 0.6 is 28.1 Å². The smallest absolute Gasteiger partial charge is 0.107 e. The summed E-state index contributed by atoms with van der Waals surface area (Å²) in [6, 6.07) is 5.85. The van der Waals surface area contributed by atoms with Crippen molar-refractivity contribution in [1.29, 1.82) is 0 Å². The first-order valence-corrected chi connectivity index (χ1v) is 7.62. The van der Waals surface area contributed by atoms with Crippen molar-refractivity contribution in [2.45, 2.75) is 20.3 Å². The van der Waals surface area contributed by atoms with Gasteiger partial charge in [0, 0.05) is 28.9 Å². The molecule has 0 aliphatic carbocycles. The van der Waals surface area contributed by atoms with Crippen LogP contribution < -0.4 is 11.1 Å². The molecule has 0 saturated heterocycles. The molecular weight excluding hydrogens is 324 g/mol. The van der Waals surface area contributed by atoms with Crippen LogP contribution in [0.15, 0.2) is 22.7 Å². The number of rotatable bonds is 8. The number of hydrogen-bond acceptors (Lipinski definition) is 3. The first-order valence-electron chi connectivity index (χ1n) is 6.42. The van der Waals surface area contributed by atoms with Crippen molar-refractivity contribution >= 4 is 38.8 Å². The van der Waals surface area contributed by atoms with Gasteiger partial charge in [-0.1, -0.05) is 32.1 Å². The predicted molar refractivity (Wildman–Crippen MR) is 88.8 cm³/mol. The van der Waals surface area contributed by atoms with E-state index in [1.165, 1.54) is 0 Å². The Morgan fingerprint density at radius 1 is 1.42 bits per heavy atom. The van der Waals surface area contributed by atoms with E-state index >= 15 is 0 Å². The minimum absolute atomic E-state index is 0.385. The van der Waals surface area contributed by atoms with Gasteiger partial charge in [-0.2, -0.15) is 0 Å². The van der Waals surface area contributed by atoms with Gasteiger partial charge in [0.15, 0.2) is 0 Å². The number of ether oxygens (including phenoxy) is 1. The van der Waals surface area contributed by atoms with Crippen LogP contribution in [0.1, 0.15) is 25.8 Å². The number of benzene rings is 1. The Morgan fingerprint density at radius 3 is 2.79 bits per heavy atom. The molecule has 1 aromatic rings. The molecule has 0 aliphatic rings. The number of nitrogens with two attached hydrogens (primary N) is 1. The number of nitrogens with one attached hydrogen (secondary N) is 1. The molecule has 19 heavy (non-hydrogen) atoms. The second-order valence-corrected chi connectivity index (χ2v) is 6.04. The largest absolute Gasteiger partial charge is 0.389 e. The molecule has 5 heteroatoms. The van der Waals surface area contributed by atoms with E-state index in [1.54, 1.807) is 0 Å². The summed E-state index contributed by atoms with van der Waals surface area (Å²) in [4.78, 5) is 0.385. The SMILES string of the molecule is CC(C)CCOCCNc1cccc(Br)c1C(N)=S. The van der Waals surface area contributed by atoms with E-state index < -0.39 is 0 Å². The third-order valence-corrected chi connectivity index (χ3v) is 3.53. The minimum Gasteiger partial charge on any atom is -0.389 e. The van der Waals surface area contributed by atoms with Crippen molar-refractivity contribution in [2.24, 2.45) is 11.7 Å². The van der Waals surface area contributed by atoms with E-state index in [-0.39, 0.29) is 0 Å². The van der Waals surface area contributed by atoms with Crippen LogP contribution in [0, 0.1) is 5.92 Å². The molecule has 0 heterocycles. The summed E-state index contributed by atoms with van der Waals surface area (Å²) >= 11 is 8.52. The van der Waals surface area contributed by atoms with Gasteiger partial charge in [0.2, 0.25) is 0 Å². The monoisotopic (exact) mass is 344 g/mol. The first kappa shape index (κ1) is 16.4. The molecule has 0 aromatic heterocycles. The van der Waals surface area contributed by atoms with Gasteiger partial charge in [-0.25, -0.2) is 0 Å². The highest BCUT2D eigenvalue weighted by Gasteiger charge is 2.08. The summed E-state index contributed by atoms with van der Waals surface area (Å²) in [6.07, 6.45) is 1.09. The Labute approximate surface area is 129 Å². The lowest BCUT2D eigenvalue weighted by Crippen LogP contribution is -2.16. The van der Waals surface area contributed by atoms with Crippen molar-refractivity contribution in [3.8, 4) is 0 Å². The fourth-order valence-electron chi connectivity index (χ4n) is 1.60. The van der Waals surface area contributed by atoms with Crippen molar-refractivity contribution in [2.75, 3.05) is 25.1 Å². The normalized spacial score (nSPS) is 10.7. The van der Waals surface area contributed by atoms with Gasteiger partial charge in [0.1, 0.15) is 4.99 Å². The number of thiocarbonyl (C=S) groups is 1. The molecule has 0 saturated carbocycles. The molecule has 0 aliphatic heterocycles. The zero-order chi connectivity index (χ0) is 14.3. The van der Waals surface area contributed by atoms with Crippen LogP contribution in [-0.4, -0.2) is 24.7 Å². The topological polar surface area (TPSA) is 47.3 Å². The third-order valence-electron chi connectivity index (χ3n) is 2.66. The summed E-state index contributed by atoms with van der Waals surface area (Å²) in [7, 11) is 0. The Morgan fingerprint density at radius 2 is 2.16 bits per heavy atom. The average molecular weight is 345 g/mol. The van der Waals surface area contributed by atoms with Gasteiger partial charge < -0.3 is 15.8 Å². The van der Waals surface area contributed by atoms with Gasteiger partial charge in [-0.3, -0.25) is 0 Å². The maximum Gasteiger partial charge on any atom is 0.107 e. The number of hydrogen-bond donors (Lipinski definition) is 2. The van der Waals surface area contributed by atoms with Gasteiger partial charge in [0.05, 0.1) is 6.61 Å². The molecule has 1 aromatic carbocycles. The Bertz CT molecular complexity index is 424. The van der Waals surface area contributed by atoms with Gasteiger partial charge in [0.25, 0.3) is 0 Å². The quantitative estimate of drug-likeness (QED) is 0.559. The standard InChI is InChI=1S/C14H21BrN2OS/c1-10(2)6-8-18-9-7-17-12-5-3-4-11(15)13(12)14(16)19/h3-5,10,17H,6-9H2,1-2H3,(H2,16,19). The highest BCUT2D eigenvalue weighted by atomic mass is 79.9. The Kier molecular flexibility index (Phi) is 7.34. The fraction of sp³-hybridized carbons (Fsp3) is 0.500. The third kappa shape index (κ3) is 5.89. The van der Waals surface area contributed by atoms with Crippen molar-refractivity contribution < 1.29 is 4.74 Å². The molecule has 0 fully saturated rings. The maximum atomic E-state index is 5.73. The zero-order valence-electron chi connectivity index (χ0n) is 11.4. The fourth-order valence-corrected chi connectivity index (χ4v) is 2.53. The van der Waals surface area contributed by atoms with E-state index in [4.69, 9.17) is 22.7 Å². The summed E-state index contributed by atoms with van der Waals surface area (Å²) in [5.74, 6) is 0.680. The molecule has 0 unspecified atom stereocenters. The first-order chi connectivity index (χ1) is 9.02. The molecular formula is C14H21BrN2OS. The molecule has 0 amide bonds. The molecule has 1 rings (SSSR count). The van der Waals surface area contributed by atoms with Crippen LogP contribution in [0.3, 0.4) is 0 Å². The highest BCUT2D eigenvalue weighted by molar-refractivity contribution is 9.10. The van der Waals surface area contributed by atoms with E-state index in [2.05, 4.69) is 35.1 Å². The second-order valence-electron chi connectivity index (χ2n) is 4.75. The van der Waals surface area contributed by atoms with Gasteiger partial charge in [-0.05, 0) is 40.4 Å². The van der Waals surface area contributed by atoms with Crippen LogP contribution in [0.5, 0.6) is 0 Å². The summed E-state index contributed by atoms with van der Waals surface area (Å²) in [5, 5.41) is 3.30. The lowest BCUT2D eigenvalue weighted by molar-refractivity contribution is 0.132. The van der Waals surface area contributed by atoms with Crippen molar-refractivity contribution in [3.63, 3.8) is 0 Å². The lowest BCUT2D eigenvalue weighted by Gasteiger charge is -2.13. The predicted octanol–water partition coefficient (Wildman–Crippen LogP) is 3.56. The van der Waals surface area contributed by atoms with Crippen molar-refractivity contribution in [1.82, 2.24) is 0 Å². The summed E-state index contributed by atoms with van der Waals surface area (Å²) < 4.78 is 6.47. The average Bonchev–Trinajstić information content (AvgIpc) is 2.32. The maximum absolute atomic E-state index is 5.73. The van der Waals surface area contributed by atoms with Crippen LogP contribution in [0.4, 0.5) is 5.69 Å². The van der Waals surface area contributed by atoms with E-state index in [0.29, 0.717) is 17.5 Å². The molecule has 106 valence electrons. The van der Waals surface area contributed by atoms with Crippen LogP contribution in [-0.2, 0) is 4.74 Å². The zero-order valence-corrected chi connectivity index (χ0v) is 13.8. The van der Waals surface area contributed by atoms with Gasteiger partial charge >= 0.3 is 0 Å². The van der Waals surface area contributed by atoms with Crippen LogP contribution in [0.25, 0.3) is 0 Å². The second kappa shape index (κ2) is 8.51. The van der Waals surface area contributed by atoms with E-state index in [0.717, 1.165) is 35.3 Å². The Balaban J connectivity index is 2.41. The molecule has 0 bridgehead atoms. The summed E-state index contributed by atoms with van der Waals surface area (Å²) in [6.45, 7) is 6.61. The minimum atomic E-state index is 0.385. The number of anilines is 1.